The molecule has 1 heterocycles. The third-order valence-corrected chi connectivity index (χ3v) is 4.34. The van der Waals surface area contributed by atoms with Gasteiger partial charge in [-0.1, -0.05) is 25.4 Å². The summed E-state index contributed by atoms with van der Waals surface area (Å²) in [6, 6.07) is 4.33. The Kier molecular flexibility index (Phi) is 9.87. The SMILES string of the molecule is CC(C)[C@H](N)C(=O)NCC(=O)Nc1cc(Cl)ccc1OCC1CCCO1.Cl. The molecule has 0 spiro atoms. The molecule has 1 fully saturated rings. The smallest absolute Gasteiger partial charge is 0.243 e. The third kappa shape index (κ3) is 7.54. The summed E-state index contributed by atoms with van der Waals surface area (Å²) in [4.78, 5) is 24.0. The molecule has 1 aliphatic heterocycles. The number of hydrogen-bond acceptors (Lipinski definition) is 5. The van der Waals surface area contributed by atoms with Crippen molar-refractivity contribution in [3.63, 3.8) is 0 Å². The summed E-state index contributed by atoms with van der Waals surface area (Å²) in [6.07, 6.45) is 2.04. The van der Waals surface area contributed by atoms with Crippen molar-refractivity contribution in [2.45, 2.75) is 38.8 Å². The van der Waals surface area contributed by atoms with E-state index >= 15 is 0 Å². The molecular formula is C18H27Cl2N3O4. The van der Waals surface area contributed by atoms with Crippen LogP contribution in [0.2, 0.25) is 5.02 Å². The van der Waals surface area contributed by atoms with E-state index in [4.69, 9.17) is 26.8 Å². The Morgan fingerprint density at radius 1 is 1.41 bits per heavy atom. The molecule has 0 bridgehead atoms. The molecule has 0 saturated carbocycles. The van der Waals surface area contributed by atoms with Gasteiger partial charge in [0, 0.05) is 11.6 Å². The summed E-state index contributed by atoms with van der Waals surface area (Å²) >= 11 is 6.01. The Morgan fingerprint density at radius 3 is 2.78 bits per heavy atom. The predicted molar refractivity (Wildman–Crippen MR) is 108 cm³/mol. The second-order valence-corrected chi connectivity index (χ2v) is 7.06. The van der Waals surface area contributed by atoms with Crippen molar-refractivity contribution in [3.8, 4) is 5.75 Å². The van der Waals surface area contributed by atoms with Crippen LogP contribution in [-0.4, -0.2) is 43.7 Å². The van der Waals surface area contributed by atoms with Crippen LogP contribution in [0.15, 0.2) is 18.2 Å². The zero-order chi connectivity index (χ0) is 19.1. The number of rotatable bonds is 8. The van der Waals surface area contributed by atoms with Crippen LogP contribution in [0.4, 0.5) is 5.69 Å². The molecule has 2 rings (SSSR count). The van der Waals surface area contributed by atoms with Crippen molar-refractivity contribution in [1.82, 2.24) is 5.32 Å². The van der Waals surface area contributed by atoms with Crippen LogP contribution >= 0.6 is 24.0 Å². The van der Waals surface area contributed by atoms with E-state index in [0.29, 0.717) is 23.1 Å². The fourth-order valence-electron chi connectivity index (χ4n) is 2.47. The summed E-state index contributed by atoms with van der Waals surface area (Å²) in [5.74, 6) is -0.262. The van der Waals surface area contributed by atoms with Gasteiger partial charge in [-0.3, -0.25) is 9.59 Å². The van der Waals surface area contributed by atoms with Gasteiger partial charge in [-0.15, -0.1) is 12.4 Å². The Morgan fingerprint density at radius 2 is 2.15 bits per heavy atom. The molecule has 152 valence electrons. The van der Waals surface area contributed by atoms with Crippen LogP contribution in [0.1, 0.15) is 26.7 Å². The minimum Gasteiger partial charge on any atom is -0.489 e. The van der Waals surface area contributed by atoms with Gasteiger partial charge in [-0.05, 0) is 37.0 Å². The van der Waals surface area contributed by atoms with Crippen molar-refractivity contribution < 1.29 is 19.1 Å². The highest BCUT2D eigenvalue weighted by Crippen LogP contribution is 2.28. The summed E-state index contributed by atoms with van der Waals surface area (Å²) in [6.45, 7) is 4.65. The number of anilines is 1. The molecule has 2 amide bonds. The standard InChI is InChI=1S/C18H26ClN3O4.ClH/c1-11(2)17(20)18(24)21-9-16(23)22-14-8-12(19)5-6-15(14)26-10-13-4-3-7-25-13;/h5-6,8,11,13,17H,3-4,7,9-10,20H2,1-2H3,(H,21,24)(H,22,23);1H/t13?,17-;/m0./s1. The molecule has 1 aromatic carbocycles. The molecule has 0 aromatic heterocycles. The monoisotopic (exact) mass is 419 g/mol. The molecular weight excluding hydrogens is 393 g/mol. The van der Waals surface area contributed by atoms with Gasteiger partial charge >= 0.3 is 0 Å². The third-order valence-electron chi connectivity index (χ3n) is 4.11. The average molecular weight is 420 g/mol. The highest BCUT2D eigenvalue weighted by Gasteiger charge is 2.19. The van der Waals surface area contributed by atoms with Crippen LogP contribution in [0, 0.1) is 5.92 Å². The number of nitrogens with one attached hydrogen (secondary N) is 2. The van der Waals surface area contributed by atoms with Gasteiger partial charge in [0.25, 0.3) is 0 Å². The summed E-state index contributed by atoms with van der Waals surface area (Å²) in [5, 5.41) is 5.70. The van der Waals surface area contributed by atoms with E-state index in [-0.39, 0.29) is 36.9 Å². The van der Waals surface area contributed by atoms with Gasteiger partial charge in [-0.25, -0.2) is 0 Å². The number of halogens is 2. The number of ether oxygens (including phenoxy) is 2. The molecule has 7 nitrogen and oxygen atoms in total. The summed E-state index contributed by atoms with van der Waals surface area (Å²) < 4.78 is 11.3. The first-order valence-corrected chi connectivity index (χ1v) is 9.11. The van der Waals surface area contributed by atoms with Crippen LogP contribution in [0.3, 0.4) is 0 Å². The Bertz CT molecular complexity index is 637. The van der Waals surface area contributed by atoms with Gasteiger partial charge in [0.1, 0.15) is 12.4 Å². The number of amides is 2. The maximum Gasteiger partial charge on any atom is 0.243 e. The van der Waals surface area contributed by atoms with Crippen LogP contribution in [-0.2, 0) is 14.3 Å². The fourth-order valence-corrected chi connectivity index (χ4v) is 2.64. The molecule has 0 radical (unpaired) electrons. The van der Waals surface area contributed by atoms with E-state index in [1.807, 2.05) is 13.8 Å². The Balaban J connectivity index is 0.00000364. The van der Waals surface area contributed by atoms with Gasteiger partial charge < -0.3 is 25.8 Å². The van der Waals surface area contributed by atoms with E-state index < -0.39 is 11.9 Å². The van der Waals surface area contributed by atoms with Crippen molar-refractivity contribution in [3.05, 3.63) is 23.2 Å². The minimum atomic E-state index is -0.653. The van der Waals surface area contributed by atoms with E-state index in [2.05, 4.69) is 10.6 Å². The first-order valence-electron chi connectivity index (χ1n) is 8.74. The number of carbonyl (C=O) groups excluding carboxylic acids is 2. The first-order chi connectivity index (χ1) is 12.4. The predicted octanol–water partition coefficient (Wildman–Crippen LogP) is 2.36. The topological polar surface area (TPSA) is 103 Å². The van der Waals surface area contributed by atoms with Crippen molar-refractivity contribution in [2.75, 3.05) is 25.1 Å². The molecule has 1 aliphatic rings. The number of benzene rings is 1. The average Bonchev–Trinajstić information content (AvgIpc) is 3.11. The number of nitrogens with two attached hydrogens (primary N) is 1. The second kappa shape index (κ2) is 11.3. The second-order valence-electron chi connectivity index (χ2n) is 6.62. The fraction of sp³-hybridized carbons (Fsp3) is 0.556. The number of carbonyl (C=O) groups is 2. The number of hydrogen-bond donors (Lipinski definition) is 3. The van der Waals surface area contributed by atoms with Crippen molar-refractivity contribution >= 4 is 41.5 Å². The zero-order valence-electron chi connectivity index (χ0n) is 15.5. The molecule has 4 N–H and O–H groups in total. The normalized spacial score (nSPS) is 17.1. The quantitative estimate of drug-likeness (QED) is 0.599. The largest absolute Gasteiger partial charge is 0.489 e. The molecule has 9 heteroatoms. The zero-order valence-corrected chi connectivity index (χ0v) is 17.1. The maximum absolute atomic E-state index is 12.1. The molecule has 2 atom stereocenters. The lowest BCUT2D eigenvalue weighted by Crippen LogP contribution is -2.46. The molecule has 1 saturated heterocycles. The van der Waals surface area contributed by atoms with E-state index in [1.165, 1.54) is 0 Å². The molecule has 1 unspecified atom stereocenters. The van der Waals surface area contributed by atoms with Crippen LogP contribution in [0.5, 0.6) is 5.75 Å². The van der Waals surface area contributed by atoms with E-state index in [1.54, 1.807) is 18.2 Å². The van der Waals surface area contributed by atoms with Crippen molar-refractivity contribution in [1.29, 1.82) is 0 Å². The van der Waals surface area contributed by atoms with Crippen molar-refractivity contribution in [2.24, 2.45) is 11.7 Å². The first kappa shape index (κ1) is 23.5. The lowest BCUT2D eigenvalue weighted by atomic mass is 10.1. The molecule has 0 aliphatic carbocycles. The van der Waals surface area contributed by atoms with Crippen LogP contribution in [0.25, 0.3) is 0 Å². The van der Waals surface area contributed by atoms with Gasteiger partial charge in [-0.2, -0.15) is 0 Å². The minimum absolute atomic E-state index is 0. The Labute approximate surface area is 170 Å². The Hall–Kier alpha value is -1.54. The van der Waals surface area contributed by atoms with E-state index in [0.717, 1.165) is 19.4 Å². The van der Waals surface area contributed by atoms with E-state index in [9.17, 15) is 9.59 Å². The lowest BCUT2D eigenvalue weighted by molar-refractivity contribution is -0.125. The summed E-state index contributed by atoms with van der Waals surface area (Å²) in [7, 11) is 0. The van der Waals surface area contributed by atoms with Gasteiger partial charge in [0.2, 0.25) is 11.8 Å². The highest BCUT2D eigenvalue weighted by atomic mass is 35.5. The molecule has 1 aromatic rings. The maximum atomic E-state index is 12.1. The highest BCUT2D eigenvalue weighted by molar-refractivity contribution is 6.31. The molecule has 27 heavy (non-hydrogen) atoms. The van der Waals surface area contributed by atoms with Gasteiger partial charge in [0.05, 0.1) is 24.4 Å². The summed E-state index contributed by atoms with van der Waals surface area (Å²) in [5.41, 5.74) is 6.20. The van der Waals surface area contributed by atoms with Gasteiger partial charge in [0.15, 0.2) is 0 Å². The van der Waals surface area contributed by atoms with Crippen LogP contribution < -0.4 is 21.1 Å². The lowest BCUT2D eigenvalue weighted by Gasteiger charge is -2.17.